The number of imidazole rings is 1. The summed E-state index contributed by atoms with van der Waals surface area (Å²) < 4.78 is 10.2. The van der Waals surface area contributed by atoms with Crippen molar-refractivity contribution in [2.45, 2.75) is 137 Å². The molecule has 4 nitrogen and oxygen atoms in total. The standard InChI is InChI=1S/C29H53N2O2/c1-6-7-8-9-10-11-12-13-14-15-16-17-20-31-22-21-30(5)28(31)29(32)33-27-23-25(4)18-19-26(27)24(2)3/h21-22,24-27H,6-20,23H2,1-5H3/q+1/t25-,26+,27-/m0/s1. The highest BCUT2D eigenvalue weighted by atomic mass is 16.5. The Kier molecular flexibility index (Phi) is 13.2. The van der Waals surface area contributed by atoms with Crippen LogP contribution >= 0.6 is 0 Å². The molecule has 33 heavy (non-hydrogen) atoms. The molecule has 0 spiro atoms. The third-order valence-electron chi connectivity index (χ3n) is 7.73. The summed E-state index contributed by atoms with van der Waals surface area (Å²) in [5, 5.41) is 0. The molecule has 4 heteroatoms. The molecule has 1 aliphatic carbocycles. The van der Waals surface area contributed by atoms with Crippen LogP contribution in [0.5, 0.6) is 0 Å². The first-order valence-electron chi connectivity index (χ1n) is 14.2. The van der Waals surface area contributed by atoms with Crippen molar-refractivity contribution in [2.75, 3.05) is 0 Å². The lowest BCUT2D eigenvalue weighted by atomic mass is 9.75. The monoisotopic (exact) mass is 461 g/mol. The van der Waals surface area contributed by atoms with Gasteiger partial charge in [-0.05, 0) is 43.4 Å². The van der Waals surface area contributed by atoms with E-state index < -0.39 is 0 Å². The number of carbonyl (C=O) groups is 1. The van der Waals surface area contributed by atoms with Crippen LogP contribution in [0, 0.1) is 17.8 Å². The minimum Gasteiger partial charge on any atom is -0.453 e. The third-order valence-corrected chi connectivity index (χ3v) is 7.73. The molecule has 1 heterocycles. The van der Waals surface area contributed by atoms with E-state index in [1.807, 2.05) is 24.0 Å². The van der Waals surface area contributed by atoms with Crippen LogP contribution in [0.1, 0.15) is 135 Å². The molecule has 1 aromatic rings. The molecule has 0 bridgehead atoms. The van der Waals surface area contributed by atoms with Gasteiger partial charge in [0.05, 0.1) is 13.6 Å². The molecule has 0 unspecified atom stereocenters. The average Bonchev–Trinajstić information content (AvgIpc) is 3.14. The maximum absolute atomic E-state index is 13.1. The maximum Gasteiger partial charge on any atom is 0.422 e. The number of ether oxygens (including phenoxy) is 1. The first-order valence-corrected chi connectivity index (χ1v) is 14.2. The summed E-state index contributed by atoms with van der Waals surface area (Å²) in [6.45, 7) is 9.99. The van der Waals surface area contributed by atoms with Gasteiger partial charge >= 0.3 is 11.8 Å². The molecule has 2 rings (SSSR count). The average molecular weight is 462 g/mol. The Morgan fingerprint density at radius 3 is 2.15 bits per heavy atom. The van der Waals surface area contributed by atoms with E-state index in [1.165, 1.54) is 83.5 Å². The predicted molar refractivity (Wildman–Crippen MR) is 137 cm³/mol. The van der Waals surface area contributed by atoms with Gasteiger partial charge in [-0.3, -0.25) is 0 Å². The Morgan fingerprint density at radius 1 is 1.00 bits per heavy atom. The van der Waals surface area contributed by atoms with Crippen molar-refractivity contribution in [3.05, 3.63) is 18.2 Å². The van der Waals surface area contributed by atoms with Crippen molar-refractivity contribution in [1.82, 2.24) is 4.57 Å². The van der Waals surface area contributed by atoms with Crippen LogP contribution in [0.4, 0.5) is 0 Å². The second-order valence-electron chi connectivity index (χ2n) is 11.1. The Balaban J connectivity index is 1.70. The highest BCUT2D eigenvalue weighted by molar-refractivity contribution is 5.84. The van der Waals surface area contributed by atoms with E-state index in [9.17, 15) is 4.79 Å². The molecule has 0 radical (unpaired) electrons. The van der Waals surface area contributed by atoms with E-state index in [4.69, 9.17) is 4.74 Å². The Morgan fingerprint density at radius 2 is 1.58 bits per heavy atom. The van der Waals surface area contributed by atoms with Crippen LogP contribution in [0.3, 0.4) is 0 Å². The fourth-order valence-corrected chi connectivity index (χ4v) is 5.53. The highest BCUT2D eigenvalue weighted by Crippen LogP contribution is 2.35. The lowest BCUT2D eigenvalue weighted by molar-refractivity contribution is -0.673. The summed E-state index contributed by atoms with van der Waals surface area (Å²) in [4.78, 5) is 13.1. The molecule has 1 aliphatic rings. The van der Waals surface area contributed by atoms with Crippen LogP contribution in [0.2, 0.25) is 0 Å². The van der Waals surface area contributed by atoms with Crippen LogP contribution in [-0.2, 0) is 18.3 Å². The lowest BCUT2D eigenvalue weighted by Crippen LogP contribution is -2.41. The van der Waals surface area contributed by atoms with Gasteiger partial charge in [0.15, 0.2) is 0 Å². The van der Waals surface area contributed by atoms with E-state index >= 15 is 0 Å². The van der Waals surface area contributed by atoms with E-state index in [0.29, 0.717) is 23.6 Å². The number of aromatic nitrogens is 2. The van der Waals surface area contributed by atoms with E-state index in [0.717, 1.165) is 19.4 Å². The van der Waals surface area contributed by atoms with Crippen LogP contribution in [-0.4, -0.2) is 16.6 Å². The zero-order valence-electron chi connectivity index (χ0n) is 22.5. The summed E-state index contributed by atoms with van der Waals surface area (Å²) in [5.74, 6) is 2.22. The van der Waals surface area contributed by atoms with Crippen molar-refractivity contribution in [2.24, 2.45) is 24.8 Å². The van der Waals surface area contributed by atoms with Crippen molar-refractivity contribution >= 4 is 5.97 Å². The molecule has 1 fully saturated rings. The summed E-state index contributed by atoms with van der Waals surface area (Å²) in [5.41, 5.74) is 0. The van der Waals surface area contributed by atoms with Gasteiger partial charge in [0.1, 0.15) is 18.5 Å². The third kappa shape index (κ3) is 9.83. The fourth-order valence-electron chi connectivity index (χ4n) is 5.53. The number of unbranched alkanes of at least 4 members (excludes halogenated alkanes) is 11. The minimum atomic E-state index is -0.147. The lowest BCUT2D eigenvalue weighted by Gasteiger charge is -2.36. The molecule has 0 N–H and O–H groups in total. The molecular weight excluding hydrogens is 408 g/mol. The predicted octanol–water partition coefficient (Wildman–Crippen LogP) is 7.63. The van der Waals surface area contributed by atoms with Crippen LogP contribution in [0.15, 0.2) is 12.4 Å². The molecule has 0 saturated heterocycles. The fraction of sp³-hybridized carbons (Fsp3) is 0.862. The van der Waals surface area contributed by atoms with Gasteiger partial charge < -0.3 is 4.74 Å². The quantitative estimate of drug-likeness (QED) is 0.144. The number of aryl methyl sites for hydroxylation is 2. The number of hydrogen-bond acceptors (Lipinski definition) is 2. The van der Waals surface area contributed by atoms with Crippen molar-refractivity contribution in [1.29, 1.82) is 0 Å². The number of carbonyl (C=O) groups excluding carboxylic acids is 1. The Hall–Kier alpha value is -1.32. The second-order valence-corrected chi connectivity index (χ2v) is 11.1. The number of hydrogen-bond donors (Lipinski definition) is 0. The largest absolute Gasteiger partial charge is 0.453 e. The molecule has 0 amide bonds. The van der Waals surface area contributed by atoms with E-state index in [-0.39, 0.29) is 12.1 Å². The van der Waals surface area contributed by atoms with Gasteiger partial charge in [0, 0.05) is 0 Å². The number of rotatable bonds is 16. The first kappa shape index (κ1) is 27.9. The van der Waals surface area contributed by atoms with Crippen molar-refractivity contribution in [3.8, 4) is 0 Å². The van der Waals surface area contributed by atoms with Gasteiger partial charge in [-0.1, -0.05) is 98.3 Å². The maximum atomic E-state index is 13.1. The Labute approximate surface area is 204 Å². The zero-order valence-corrected chi connectivity index (χ0v) is 22.5. The van der Waals surface area contributed by atoms with Crippen molar-refractivity contribution in [3.63, 3.8) is 0 Å². The molecule has 0 aliphatic heterocycles. The van der Waals surface area contributed by atoms with Gasteiger partial charge in [-0.2, -0.15) is 0 Å². The van der Waals surface area contributed by atoms with Gasteiger partial charge in [-0.25, -0.2) is 13.9 Å². The summed E-state index contributed by atoms with van der Waals surface area (Å²) in [7, 11) is 1.96. The molecule has 0 aromatic carbocycles. The molecule has 1 saturated carbocycles. The van der Waals surface area contributed by atoms with Crippen molar-refractivity contribution < 1.29 is 14.1 Å². The summed E-state index contributed by atoms with van der Waals surface area (Å²) >= 11 is 0. The Bertz CT molecular complexity index is 667. The smallest absolute Gasteiger partial charge is 0.422 e. The second kappa shape index (κ2) is 15.6. The summed E-state index contributed by atoms with van der Waals surface area (Å²) in [6.07, 6.45) is 23.7. The topological polar surface area (TPSA) is 35.1 Å². The number of esters is 1. The van der Waals surface area contributed by atoms with Gasteiger partial charge in [0.2, 0.25) is 0 Å². The van der Waals surface area contributed by atoms with Crippen LogP contribution in [0.25, 0.3) is 0 Å². The molecule has 190 valence electrons. The summed E-state index contributed by atoms with van der Waals surface area (Å²) in [6, 6.07) is 0. The highest BCUT2D eigenvalue weighted by Gasteiger charge is 2.36. The van der Waals surface area contributed by atoms with Crippen LogP contribution < -0.4 is 4.57 Å². The van der Waals surface area contributed by atoms with Gasteiger partial charge in [-0.15, -0.1) is 0 Å². The normalized spacial score (nSPS) is 21.0. The molecule has 1 aromatic heterocycles. The van der Waals surface area contributed by atoms with E-state index in [1.54, 1.807) is 0 Å². The molecule has 3 atom stereocenters. The SMILES string of the molecule is CCCCCCCCCCCCCCn1cc[n+](C)c1C(=O)O[C@H]1C[C@@H](C)CC[C@@H]1C(C)C. The first-order chi connectivity index (χ1) is 15.9. The minimum absolute atomic E-state index is 0.0521. The molecular formula is C29H53N2O2+. The van der Waals surface area contributed by atoms with Gasteiger partial charge in [0.25, 0.3) is 0 Å². The van der Waals surface area contributed by atoms with E-state index in [2.05, 4.69) is 32.3 Å². The zero-order chi connectivity index (χ0) is 24.1. The number of nitrogens with zero attached hydrogens (tertiary/aromatic N) is 2.